The Morgan fingerprint density at radius 2 is 2.36 bits per heavy atom. The topological polar surface area (TPSA) is 92.6 Å². The number of amides is 1. The third-order valence-corrected chi connectivity index (χ3v) is 3.59. The van der Waals surface area contributed by atoms with E-state index in [9.17, 15) is 9.59 Å². The number of pyridine rings is 1. The highest BCUT2D eigenvalue weighted by Crippen LogP contribution is 2.06. The summed E-state index contributed by atoms with van der Waals surface area (Å²) in [6.07, 6.45) is 1.24. The van der Waals surface area contributed by atoms with Gasteiger partial charge in [-0.2, -0.15) is 5.26 Å². The Balaban J connectivity index is 1.66. The van der Waals surface area contributed by atoms with E-state index in [1.165, 1.54) is 9.08 Å². The van der Waals surface area contributed by atoms with Crippen LogP contribution in [-0.4, -0.2) is 50.8 Å². The Kier molecular flexibility index (Phi) is 3.89. The number of fused-ring (bicyclic) bond motifs is 1. The number of ether oxygens (including phenoxy) is 1. The third-order valence-electron chi connectivity index (χ3n) is 3.59. The van der Waals surface area contributed by atoms with Gasteiger partial charge in [-0.25, -0.2) is 9.48 Å². The Morgan fingerprint density at radius 3 is 3.14 bits per heavy atom. The summed E-state index contributed by atoms with van der Waals surface area (Å²) in [5.74, 6) is -0.104. The molecular weight excluding hydrogens is 286 g/mol. The Hall–Kier alpha value is -2.66. The second-order valence-electron chi connectivity index (χ2n) is 5.01. The van der Waals surface area contributed by atoms with Gasteiger partial charge in [-0.05, 0) is 12.1 Å². The van der Waals surface area contributed by atoms with E-state index in [1.54, 1.807) is 29.3 Å². The van der Waals surface area contributed by atoms with Gasteiger partial charge in [0.05, 0.1) is 25.8 Å². The van der Waals surface area contributed by atoms with Crippen LogP contribution >= 0.6 is 0 Å². The van der Waals surface area contributed by atoms with Crippen LogP contribution in [-0.2, 0) is 16.1 Å². The molecule has 8 heteroatoms. The van der Waals surface area contributed by atoms with Crippen molar-refractivity contribution in [2.24, 2.45) is 0 Å². The number of hydrogen-bond acceptors (Lipinski definition) is 5. The lowest BCUT2D eigenvalue weighted by atomic mass is 10.2. The minimum Gasteiger partial charge on any atom is -0.360 e. The smallest absolute Gasteiger partial charge is 0.350 e. The van der Waals surface area contributed by atoms with Gasteiger partial charge in [0.25, 0.3) is 0 Å². The number of aryl methyl sites for hydroxylation is 1. The van der Waals surface area contributed by atoms with Crippen LogP contribution in [0.3, 0.4) is 0 Å². The minimum atomic E-state index is -0.574. The molecule has 2 aromatic rings. The van der Waals surface area contributed by atoms with Crippen molar-refractivity contribution in [3.8, 4) is 6.07 Å². The second-order valence-corrected chi connectivity index (χ2v) is 5.01. The highest BCUT2D eigenvalue weighted by atomic mass is 16.5. The minimum absolute atomic E-state index is 0.104. The van der Waals surface area contributed by atoms with Gasteiger partial charge in [0.1, 0.15) is 0 Å². The van der Waals surface area contributed by atoms with E-state index in [0.717, 1.165) is 0 Å². The van der Waals surface area contributed by atoms with Crippen LogP contribution < -0.4 is 5.69 Å². The number of carbonyl (C=O) groups is 1. The largest absolute Gasteiger partial charge is 0.360 e. The van der Waals surface area contributed by atoms with Crippen LogP contribution in [0.15, 0.2) is 29.2 Å². The molecule has 3 heterocycles. The van der Waals surface area contributed by atoms with Crippen LogP contribution in [0.25, 0.3) is 5.65 Å². The maximum Gasteiger partial charge on any atom is 0.350 e. The Labute approximate surface area is 126 Å². The summed E-state index contributed by atoms with van der Waals surface area (Å²) in [4.78, 5) is 25.9. The van der Waals surface area contributed by atoms with Crippen molar-refractivity contribution in [3.05, 3.63) is 34.9 Å². The van der Waals surface area contributed by atoms with E-state index in [4.69, 9.17) is 10.00 Å². The molecule has 0 radical (unpaired) electrons. The molecule has 3 rings (SSSR count). The summed E-state index contributed by atoms with van der Waals surface area (Å²) >= 11 is 0. The quantitative estimate of drug-likeness (QED) is 0.771. The molecule has 0 N–H and O–H groups in total. The molecule has 0 aliphatic carbocycles. The van der Waals surface area contributed by atoms with Crippen molar-refractivity contribution >= 4 is 11.6 Å². The fourth-order valence-corrected chi connectivity index (χ4v) is 2.43. The Morgan fingerprint density at radius 1 is 1.50 bits per heavy atom. The first kappa shape index (κ1) is 14.3. The predicted octanol–water partition coefficient (Wildman–Crippen LogP) is -0.363. The summed E-state index contributed by atoms with van der Waals surface area (Å²) in [5.41, 5.74) is 0.288. The molecule has 0 unspecified atom stereocenters. The van der Waals surface area contributed by atoms with Gasteiger partial charge >= 0.3 is 5.69 Å². The van der Waals surface area contributed by atoms with E-state index in [-0.39, 0.29) is 31.1 Å². The SMILES string of the molecule is N#C[C@H]1CN(C(=O)CCn2nc3ccccn3c2=O)CCO1. The van der Waals surface area contributed by atoms with Crippen LogP contribution in [0, 0.1) is 11.3 Å². The molecule has 22 heavy (non-hydrogen) atoms. The molecule has 0 saturated carbocycles. The molecule has 1 fully saturated rings. The lowest BCUT2D eigenvalue weighted by molar-refractivity contribution is -0.137. The van der Waals surface area contributed by atoms with E-state index in [1.807, 2.05) is 6.07 Å². The van der Waals surface area contributed by atoms with Crippen molar-refractivity contribution in [3.63, 3.8) is 0 Å². The fraction of sp³-hybridized carbons (Fsp3) is 0.429. The first-order valence-electron chi connectivity index (χ1n) is 7.02. The number of hydrogen-bond donors (Lipinski definition) is 0. The van der Waals surface area contributed by atoms with Crippen LogP contribution in [0.4, 0.5) is 0 Å². The molecule has 114 valence electrons. The molecule has 0 aromatic carbocycles. The van der Waals surface area contributed by atoms with Crippen molar-refractivity contribution in [1.82, 2.24) is 19.1 Å². The zero-order chi connectivity index (χ0) is 15.5. The molecule has 1 aliphatic rings. The summed E-state index contributed by atoms with van der Waals surface area (Å²) in [5, 5.41) is 13.0. The first-order chi connectivity index (χ1) is 10.7. The summed E-state index contributed by atoms with van der Waals surface area (Å²) in [7, 11) is 0. The monoisotopic (exact) mass is 301 g/mol. The second kappa shape index (κ2) is 5.99. The van der Waals surface area contributed by atoms with Gasteiger partial charge in [-0.3, -0.25) is 9.20 Å². The zero-order valence-corrected chi connectivity index (χ0v) is 11.9. The van der Waals surface area contributed by atoms with Crippen LogP contribution in [0.5, 0.6) is 0 Å². The van der Waals surface area contributed by atoms with Gasteiger partial charge in [0.15, 0.2) is 11.8 Å². The maximum absolute atomic E-state index is 12.2. The predicted molar refractivity (Wildman–Crippen MR) is 76.0 cm³/mol. The first-order valence-corrected chi connectivity index (χ1v) is 7.02. The van der Waals surface area contributed by atoms with E-state index in [0.29, 0.717) is 18.8 Å². The van der Waals surface area contributed by atoms with E-state index >= 15 is 0 Å². The van der Waals surface area contributed by atoms with Crippen molar-refractivity contribution < 1.29 is 9.53 Å². The summed E-state index contributed by atoms with van der Waals surface area (Å²) in [6, 6.07) is 7.29. The highest BCUT2D eigenvalue weighted by Gasteiger charge is 2.23. The number of morpholine rings is 1. The normalized spacial score (nSPS) is 18.3. The highest BCUT2D eigenvalue weighted by molar-refractivity contribution is 5.76. The molecule has 1 amide bonds. The Bertz CT molecular complexity index is 788. The van der Waals surface area contributed by atoms with Crippen LogP contribution in [0.1, 0.15) is 6.42 Å². The number of nitriles is 1. The zero-order valence-electron chi connectivity index (χ0n) is 11.9. The van der Waals surface area contributed by atoms with Crippen molar-refractivity contribution in [2.75, 3.05) is 19.7 Å². The molecule has 0 spiro atoms. The van der Waals surface area contributed by atoms with Gasteiger partial charge in [0.2, 0.25) is 5.91 Å². The van der Waals surface area contributed by atoms with Gasteiger partial charge in [0, 0.05) is 19.2 Å². The molecule has 2 aromatic heterocycles. The third kappa shape index (κ3) is 2.71. The standard InChI is InChI=1S/C14H15N5O3/c15-9-11-10-17(7-8-22-11)13(20)4-6-19-14(21)18-5-2-1-3-12(18)16-19/h1-3,5,11H,4,6-8,10H2/t11-/m0/s1. The average molecular weight is 301 g/mol. The average Bonchev–Trinajstić information content (AvgIpc) is 2.89. The molecule has 0 bridgehead atoms. The number of aromatic nitrogens is 3. The van der Waals surface area contributed by atoms with Crippen molar-refractivity contribution in [2.45, 2.75) is 19.1 Å². The molecule has 1 aliphatic heterocycles. The lowest BCUT2D eigenvalue weighted by Gasteiger charge is -2.29. The van der Waals surface area contributed by atoms with Crippen molar-refractivity contribution in [1.29, 1.82) is 5.26 Å². The molecule has 8 nitrogen and oxygen atoms in total. The maximum atomic E-state index is 12.2. The summed E-state index contributed by atoms with van der Waals surface area (Å²) in [6.45, 7) is 1.32. The van der Waals surface area contributed by atoms with E-state index in [2.05, 4.69) is 5.10 Å². The number of nitrogens with zero attached hydrogens (tertiary/aromatic N) is 5. The number of rotatable bonds is 3. The fourth-order valence-electron chi connectivity index (χ4n) is 2.43. The van der Waals surface area contributed by atoms with E-state index < -0.39 is 6.10 Å². The van der Waals surface area contributed by atoms with Crippen LogP contribution in [0.2, 0.25) is 0 Å². The molecule has 1 saturated heterocycles. The van der Waals surface area contributed by atoms with Gasteiger partial charge < -0.3 is 9.64 Å². The van der Waals surface area contributed by atoms with Gasteiger partial charge in [-0.15, -0.1) is 5.10 Å². The number of carbonyl (C=O) groups excluding carboxylic acids is 1. The summed E-state index contributed by atoms with van der Waals surface area (Å²) < 4.78 is 7.93. The van der Waals surface area contributed by atoms with Gasteiger partial charge in [-0.1, -0.05) is 6.07 Å². The molecule has 1 atom stereocenters. The molecular formula is C14H15N5O3. The lowest BCUT2D eigenvalue weighted by Crippen LogP contribution is -2.45.